The zero-order valence-corrected chi connectivity index (χ0v) is 18.7. The fourth-order valence-corrected chi connectivity index (χ4v) is 4.70. The molecule has 0 N–H and O–H groups in total. The van der Waals surface area contributed by atoms with Gasteiger partial charge in [-0.3, -0.25) is 19.8 Å². The first-order chi connectivity index (χ1) is 15.4. The Morgan fingerprint density at radius 2 is 2.00 bits per heavy atom. The van der Waals surface area contributed by atoms with Gasteiger partial charge < -0.3 is 4.57 Å². The number of aryl methyl sites for hydroxylation is 3. The average Bonchev–Trinajstić information content (AvgIpc) is 3.41. The molecule has 32 heavy (non-hydrogen) atoms. The summed E-state index contributed by atoms with van der Waals surface area (Å²) in [5.74, 6) is -0.0853. The van der Waals surface area contributed by atoms with Crippen LogP contribution in [0.3, 0.4) is 0 Å². The van der Waals surface area contributed by atoms with Gasteiger partial charge in [-0.1, -0.05) is 29.5 Å². The molecule has 2 heterocycles. The maximum absolute atomic E-state index is 13.3. The molecule has 0 saturated heterocycles. The number of hydrogen-bond donors (Lipinski definition) is 0. The van der Waals surface area contributed by atoms with Crippen molar-refractivity contribution >= 4 is 38.3 Å². The summed E-state index contributed by atoms with van der Waals surface area (Å²) in [5.41, 5.74) is 3.91. The highest BCUT2D eigenvalue weighted by atomic mass is 32.1. The van der Waals surface area contributed by atoms with Crippen molar-refractivity contribution in [3.05, 3.63) is 81.9 Å². The average molecular weight is 450 g/mol. The van der Waals surface area contributed by atoms with Gasteiger partial charge in [0.05, 0.1) is 27.9 Å². The summed E-state index contributed by atoms with van der Waals surface area (Å²) in [6.45, 7) is 5.35. The number of imidazole rings is 1. The van der Waals surface area contributed by atoms with Crippen molar-refractivity contribution in [1.82, 2.24) is 14.5 Å². The van der Waals surface area contributed by atoms with Gasteiger partial charge in [0.15, 0.2) is 5.13 Å². The molecular formula is C23H23N5O3S. The number of hydrogen-bond acceptors (Lipinski definition) is 6. The molecule has 0 spiro atoms. The molecule has 0 saturated carbocycles. The number of non-ortho nitro benzene ring substituents is 1. The van der Waals surface area contributed by atoms with E-state index in [9.17, 15) is 14.9 Å². The van der Waals surface area contributed by atoms with E-state index in [0.29, 0.717) is 11.7 Å². The third-order valence-electron chi connectivity index (χ3n) is 5.20. The Morgan fingerprint density at radius 1 is 1.22 bits per heavy atom. The lowest BCUT2D eigenvalue weighted by atomic mass is 10.1. The van der Waals surface area contributed by atoms with Gasteiger partial charge in [0.1, 0.15) is 0 Å². The van der Waals surface area contributed by atoms with E-state index >= 15 is 0 Å². The van der Waals surface area contributed by atoms with E-state index in [1.54, 1.807) is 29.6 Å². The maximum atomic E-state index is 13.3. The minimum atomic E-state index is -0.445. The van der Waals surface area contributed by atoms with Gasteiger partial charge in [-0.15, -0.1) is 0 Å². The summed E-state index contributed by atoms with van der Waals surface area (Å²) in [6, 6.07) is 10.3. The molecule has 4 aromatic rings. The molecule has 9 heteroatoms. The fourth-order valence-electron chi connectivity index (χ4n) is 3.64. The van der Waals surface area contributed by atoms with Crippen LogP contribution in [0.4, 0.5) is 10.8 Å². The summed E-state index contributed by atoms with van der Waals surface area (Å²) < 4.78 is 3.05. The molecule has 0 aliphatic carbocycles. The molecule has 164 valence electrons. The van der Waals surface area contributed by atoms with E-state index in [4.69, 9.17) is 4.98 Å². The summed E-state index contributed by atoms with van der Waals surface area (Å²) in [5, 5.41) is 11.6. The normalized spacial score (nSPS) is 11.1. The van der Waals surface area contributed by atoms with Crippen LogP contribution in [-0.4, -0.2) is 31.9 Å². The summed E-state index contributed by atoms with van der Waals surface area (Å²) in [7, 11) is 0. The standard InChI is InChI=1S/C23H23N5O3S/c1-16-12-17(2)22-20(13-16)25-23(32-22)27(10-3-9-26-11-8-24-15-26)21(29)14-18-4-6-19(7-5-18)28(30)31/h4-8,11-13,15H,3,9-10,14H2,1-2H3. The van der Waals surface area contributed by atoms with Gasteiger partial charge in [-0.05, 0) is 43.0 Å². The zero-order valence-electron chi connectivity index (χ0n) is 17.9. The minimum Gasteiger partial charge on any atom is -0.337 e. The van der Waals surface area contributed by atoms with E-state index in [-0.39, 0.29) is 18.0 Å². The monoisotopic (exact) mass is 449 g/mol. The van der Waals surface area contributed by atoms with Crippen LogP contribution >= 0.6 is 11.3 Å². The van der Waals surface area contributed by atoms with E-state index in [1.165, 1.54) is 23.5 Å². The maximum Gasteiger partial charge on any atom is 0.269 e. The van der Waals surface area contributed by atoms with Crippen LogP contribution in [0.15, 0.2) is 55.1 Å². The molecule has 0 unspecified atom stereocenters. The molecule has 2 aromatic heterocycles. The topological polar surface area (TPSA) is 94.2 Å². The van der Waals surface area contributed by atoms with Gasteiger partial charge in [-0.2, -0.15) is 0 Å². The van der Waals surface area contributed by atoms with Crippen molar-refractivity contribution in [3.8, 4) is 0 Å². The van der Waals surface area contributed by atoms with E-state index in [1.807, 2.05) is 23.8 Å². The number of fused-ring (bicyclic) bond motifs is 1. The molecular weight excluding hydrogens is 426 g/mol. The van der Waals surface area contributed by atoms with E-state index < -0.39 is 4.92 Å². The smallest absolute Gasteiger partial charge is 0.269 e. The number of anilines is 1. The van der Waals surface area contributed by atoms with Gasteiger partial charge in [-0.25, -0.2) is 9.97 Å². The van der Waals surface area contributed by atoms with Crippen molar-refractivity contribution < 1.29 is 9.72 Å². The first-order valence-corrected chi connectivity index (χ1v) is 11.1. The number of aromatic nitrogens is 3. The highest BCUT2D eigenvalue weighted by Crippen LogP contribution is 2.32. The van der Waals surface area contributed by atoms with Crippen molar-refractivity contribution in [1.29, 1.82) is 0 Å². The second-order valence-electron chi connectivity index (χ2n) is 7.73. The van der Waals surface area contributed by atoms with Crippen LogP contribution in [0, 0.1) is 24.0 Å². The number of amides is 1. The Hall–Kier alpha value is -3.59. The summed E-state index contributed by atoms with van der Waals surface area (Å²) in [6.07, 6.45) is 6.28. The Labute approximate surface area is 189 Å². The predicted molar refractivity (Wildman–Crippen MR) is 125 cm³/mol. The molecule has 2 aromatic carbocycles. The SMILES string of the molecule is Cc1cc(C)c2sc(N(CCCn3ccnc3)C(=O)Cc3ccc([N+](=O)[O-])cc3)nc2c1. The zero-order chi connectivity index (χ0) is 22.7. The van der Waals surface area contributed by atoms with Gasteiger partial charge in [0.25, 0.3) is 5.69 Å². The van der Waals surface area contributed by atoms with E-state index in [2.05, 4.69) is 18.0 Å². The minimum absolute atomic E-state index is 0.00963. The third-order valence-corrected chi connectivity index (χ3v) is 6.43. The third kappa shape index (κ3) is 4.83. The van der Waals surface area contributed by atoms with Gasteiger partial charge >= 0.3 is 0 Å². The highest BCUT2D eigenvalue weighted by molar-refractivity contribution is 7.22. The molecule has 0 bridgehead atoms. The number of nitro groups is 1. The number of rotatable bonds is 8. The van der Waals surface area contributed by atoms with Crippen LogP contribution in [0.2, 0.25) is 0 Å². The van der Waals surface area contributed by atoms with Gasteiger partial charge in [0, 0.05) is 37.6 Å². The second kappa shape index (κ2) is 9.27. The molecule has 0 atom stereocenters. The van der Waals surface area contributed by atoms with Gasteiger partial charge in [0.2, 0.25) is 5.91 Å². The lowest BCUT2D eigenvalue weighted by Crippen LogP contribution is -2.33. The first kappa shape index (κ1) is 21.6. The fraction of sp³-hybridized carbons (Fsp3) is 0.261. The molecule has 0 aliphatic heterocycles. The Kier molecular flexibility index (Phi) is 6.27. The Balaban J connectivity index is 1.58. The van der Waals surface area contributed by atoms with E-state index in [0.717, 1.165) is 39.9 Å². The number of carbonyl (C=O) groups excluding carboxylic acids is 1. The van der Waals surface area contributed by atoms with Crippen LogP contribution in [0.25, 0.3) is 10.2 Å². The number of thiazole rings is 1. The van der Waals surface area contributed by atoms with Crippen LogP contribution < -0.4 is 4.90 Å². The van der Waals surface area contributed by atoms with Crippen molar-refractivity contribution in [2.45, 2.75) is 33.2 Å². The molecule has 0 aliphatic rings. The Morgan fingerprint density at radius 3 is 2.69 bits per heavy atom. The summed E-state index contributed by atoms with van der Waals surface area (Å²) >= 11 is 1.52. The largest absolute Gasteiger partial charge is 0.337 e. The lowest BCUT2D eigenvalue weighted by molar-refractivity contribution is -0.384. The van der Waals surface area contributed by atoms with Crippen LogP contribution in [-0.2, 0) is 17.8 Å². The quantitative estimate of drug-likeness (QED) is 0.287. The second-order valence-corrected chi connectivity index (χ2v) is 8.70. The van der Waals surface area contributed by atoms with Crippen molar-refractivity contribution in [3.63, 3.8) is 0 Å². The van der Waals surface area contributed by atoms with Crippen LogP contribution in [0.1, 0.15) is 23.1 Å². The van der Waals surface area contributed by atoms with Crippen molar-refractivity contribution in [2.24, 2.45) is 0 Å². The first-order valence-electron chi connectivity index (χ1n) is 10.3. The number of nitrogens with zero attached hydrogens (tertiary/aromatic N) is 5. The number of carbonyl (C=O) groups is 1. The number of nitro benzene ring substituents is 1. The highest BCUT2D eigenvalue weighted by Gasteiger charge is 2.21. The molecule has 4 rings (SSSR count). The summed E-state index contributed by atoms with van der Waals surface area (Å²) in [4.78, 5) is 34.3. The molecule has 8 nitrogen and oxygen atoms in total. The lowest BCUT2D eigenvalue weighted by Gasteiger charge is -2.20. The van der Waals surface area contributed by atoms with Crippen LogP contribution in [0.5, 0.6) is 0 Å². The van der Waals surface area contributed by atoms with Crippen molar-refractivity contribution in [2.75, 3.05) is 11.4 Å². The number of benzene rings is 2. The predicted octanol–water partition coefficient (Wildman–Crippen LogP) is 4.68. The molecule has 1 amide bonds. The molecule has 0 fully saturated rings. The molecule has 0 radical (unpaired) electrons. The Bertz CT molecular complexity index is 1250.